The summed E-state index contributed by atoms with van der Waals surface area (Å²) in [4.78, 5) is 14.4. The summed E-state index contributed by atoms with van der Waals surface area (Å²) in [6.07, 6.45) is 0. The monoisotopic (exact) mass is 283 g/mol. The highest BCUT2D eigenvalue weighted by molar-refractivity contribution is 5.94. The van der Waals surface area contributed by atoms with E-state index in [-0.39, 0.29) is 11.7 Å². The minimum atomic E-state index is -0.00690. The molecule has 110 valence electrons. The number of carbonyl (C=O) groups is 1. The van der Waals surface area contributed by atoms with Gasteiger partial charge in [0, 0.05) is 24.2 Å². The first-order chi connectivity index (χ1) is 10.1. The molecule has 1 N–H and O–H groups in total. The van der Waals surface area contributed by atoms with E-state index >= 15 is 0 Å². The molecule has 0 aliphatic heterocycles. The van der Waals surface area contributed by atoms with Gasteiger partial charge in [-0.15, -0.1) is 0 Å². The lowest BCUT2D eigenvalue weighted by Gasteiger charge is -2.25. The minimum Gasteiger partial charge on any atom is -0.508 e. The number of nitrogens with zero attached hydrogens (tertiary/aromatic N) is 1. The molecule has 0 fully saturated rings. The minimum absolute atomic E-state index is 0.00690. The van der Waals surface area contributed by atoms with E-state index in [2.05, 4.69) is 13.8 Å². The van der Waals surface area contributed by atoms with Crippen LogP contribution in [0.3, 0.4) is 0 Å². The maximum atomic E-state index is 12.6. The molecule has 0 bridgehead atoms. The first-order valence-corrected chi connectivity index (χ1v) is 7.19. The van der Waals surface area contributed by atoms with Gasteiger partial charge in [-0.05, 0) is 24.1 Å². The van der Waals surface area contributed by atoms with E-state index in [4.69, 9.17) is 0 Å². The predicted octanol–water partition coefficient (Wildman–Crippen LogP) is 3.69. The maximum absolute atomic E-state index is 12.6. The average molecular weight is 283 g/mol. The van der Waals surface area contributed by atoms with Crippen molar-refractivity contribution in [2.24, 2.45) is 5.92 Å². The van der Waals surface area contributed by atoms with Crippen molar-refractivity contribution in [1.29, 1.82) is 0 Å². The number of benzene rings is 2. The van der Waals surface area contributed by atoms with Crippen LogP contribution in [0.15, 0.2) is 54.6 Å². The van der Waals surface area contributed by atoms with Crippen LogP contribution in [0, 0.1) is 5.92 Å². The van der Waals surface area contributed by atoms with Crippen molar-refractivity contribution < 1.29 is 9.90 Å². The molecule has 3 nitrogen and oxygen atoms in total. The number of phenolic OH excluding ortho intramolecular Hbond substituents is 1. The van der Waals surface area contributed by atoms with Crippen molar-refractivity contribution in [3.8, 4) is 5.75 Å². The molecule has 0 saturated carbocycles. The summed E-state index contributed by atoms with van der Waals surface area (Å²) in [6.45, 7) is 5.23. The molecule has 0 heterocycles. The third kappa shape index (κ3) is 4.09. The average Bonchev–Trinajstić information content (AvgIpc) is 2.48. The van der Waals surface area contributed by atoms with E-state index < -0.39 is 0 Å². The molecular weight excluding hydrogens is 262 g/mol. The number of aromatic hydroxyl groups is 1. The van der Waals surface area contributed by atoms with E-state index in [9.17, 15) is 9.90 Å². The number of rotatable bonds is 5. The normalized spacial score (nSPS) is 10.6. The Balaban J connectivity index is 2.23. The van der Waals surface area contributed by atoms with Crippen molar-refractivity contribution in [3.05, 3.63) is 65.7 Å². The van der Waals surface area contributed by atoms with Crippen LogP contribution in [0.25, 0.3) is 0 Å². The molecular formula is C18H21NO2. The lowest BCUT2D eigenvalue weighted by molar-refractivity contribution is 0.0721. The van der Waals surface area contributed by atoms with E-state index in [0.717, 1.165) is 5.56 Å². The molecule has 21 heavy (non-hydrogen) atoms. The van der Waals surface area contributed by atoms with Crippen LogP contribution in [-0.2, 0) is 6.54 Å². The first-order valence-electron chi connectivity index (χ1n) is 7.19. The lowest BCUT2D eigenvalue weighted by Crippen LogP contribution is -2.33. The zero-order valence-corrected chi connectivity index (χ0v) is 12.5. The fraction of sp³-hybridized carbons (Fsp3) is 0.278. The number of hydrogen-bond donors (Lipinski definition) is 1. The zero-order valence-electron chi connectivity index (χ0n) is 12.5. The summed E-state index contributed by atoms with van der Waals surface area (Å²) < 4.78 is 0. The van der Waals surface area contributed by atoms with E-state index in [1.165, 1.54) is 0 Å². The van der Waals surface area contributed by atoms with Gasteiger partial charge in [-0.1, -0.05) is 50.2 Å². The topological polar surface area (TPSA) is 40.5 Å². The highest BCUT2D eigenvalue weighted by Gasteiger charge is 2.18. The zero-order chi connectivity index (χ0) is 15.2. The van der Waals surface area contributed by atoms with Crippen molar-refractivity contribution in [2.45, 2.75) is 20.4 Å². The summed E-state index contributed by atoms with van der Waals surface area (Å²) in [5, 5.41) is 9.91. The van der Waals surface area contributed by atoms with Gasteiger partial charge in [0.15, 0.2) is 0 Å². The molecule has 0 aromatic heterocycles. The molecule has 0 aliphatic rings. The Kier molecular flexibility index (Phi) is 4.99. The highest BCUT2D eigenvalue weighted by atomic mass is 16.3. The second kappa shape index (κ2) is 6.93. The number of hydrogen-bond acceptors (Lipinski definition) is 2. The summed E-state index contributed by atoms with van der Waals surface area (Å²) in [7, 11) is 0. The van der Waals surface area contributed by atoms with Crippen LogP contribution in [0.5, 0.6) is 5.75 Å². The van der Waals surface area contributed by atoms with Gasteiger partial charge in [0.25, 0.3) is 5.91 Å². The quantitative estimate of drug-likeness (QED) is 0.909. The molecule has 1 amide bonds. The fourth-order valence-corrected chi connectivity index (χ4v) is 2.27. The number of carbonyl (C=O) groups excluding carboxylic acids is 1. The Hall–Kier alpha value is -2.29. The Morgan fingerprint density at radius 2 is 1.67 bits per heavy atom. The van der Waals surface area contributed by atoms with Crippen molar-refractivity contribution in [3.63, 3.8) is 0 Å². The van der Waals surface area contributed by atoms with Gasteiger partial charge in [0.1, 0.15) is 5.75 Å². The Morgan fingerprint density at radius 1 is 1.05 bits per heavy atom. The SMILES string of the molecule is CC(C)CN(Cc1ccccc1O)C(=O)c1ccccc1. The van der Waals surface area contributed by atoms with Gasteiger partial charge in [-0.3, -0.25) is 4.79 Å². The van der Waals surface area contributed by atoms with Gasteiger partial charge in [-0.25, -0.2) is 0 Å². The van der Waals surface area contributed by atoms with Crippen LogP contribution in [-0.4, -0.2) is 22.5 Å². The van der Waals surface area contributed by atoms with Crippen LogP contribution >= 0.6 is 0 Å². The molecule has 2 rings (SSSR count). The smallest absolute Gasteiger partial charge is 0.254 e. The highest BCUT2D eigenvalue weighted by Crippen LogP contribution is 2.19. The molecule has 0 aliphatic carbocycles. The van der Waals surface area contributed by atoms with Gasteiger partial charge >= 0.3 is 0 Å². The van der Waals surface area contributed by atoms with Crippen molar-refractivity contribution in [2.75, 3.05) is 6.54 Å². The van der Waals surface area contributed by atoms with Gasteiger partial charge in [0.2, 0.25) is 0 Å². The van der Waals surface area contributed by atoms with Crippen LogP contribution in [0.4, 0.5) is 0 Å². The van der Waals surface area contributed by atoms with Gasteiger partial charge in [-0.2, -0.15) is 0 Å². The van der Waals surface area contributed by atoms with Gasteiger partial charge in [0.05, 0.1) is 0 Å². The molecule has 0 atom stereocenters. The van der Waals surface area contributed by atoms with Crippen LogP contribution in [0.1, 0.15) is 29.8 Å². The molecule has 0 unspecified atom stereocenters. The Labute approximate surface area is 125 Å². The molecule has 0 radical (unpaired) electrons. The summed E-state index contributed by atoms with van der Waals surface area (Å²) in [6, 6.07) is 16.4. The number of phenols is 1. The van der Waals surface area contributed by atoms with E-state index in [0.29, 0.717) is 24.6 Å². The summed E-state index contributed by atoms with van der Waals surface area (Å²) in [5.74, 6) is 0.586. The number of amides is 1. The first kappa shape index (κ1) is 15.1. The third-order valence-corrected chi connectivity index (χ3v) is 3.25. The lowest BCUT2D eigenvalue weighted by atomic mass is 10.1. The van der Waals surface area contributed by atoms with Crippen LogP contribution < -0.4 is 0 Å². The third-order valence-electron chi connectivity index (χ3n) is 3.25. The second-order valence-corrected chi connectivity index (χ2v) is 5.57. The fourth-order valence-electron chi connectivity index (χ4n) is 2.27. The summed E-state index contributed by atoms with van der Waals surface area (Å²) in [5.41, 5.74) is 1.44. The molecule has 0 saturated heterocycles. The predicted molar refractivity (Wildman–Crippen MR) is 84.1 cm³/mol. The standard InChI is InChI=1S/C18H21NO2/c1-14(2)12-19(13-16-10-6-7-11-17(16)20)18(21)15-8-4-3-5-9-15/h3-11,14,20H,12-13H2,1-2H3. The van der Waals surface area contributed by atoms with E-state index in [1.54, 1.807) is 17.0 Å². The second-order valence-electron chi connectivity index (χ2n) is 5.57. The van der Waals surface area contributed by atoms with Crippen molar-refractivity contribution >= 4 is 5.91 Å². The largest absolute Gasteiger partial charge is 0.508 e. The van der Waals surface area contributed by atoms with E-state index in [1.807, 2.05) is 42.5 Å². The Bertz CT molecular complexity index is 593. The number of para-hydroxylation sites is 1. The molecule has 0 spiro atoms. The van der Waals surface area contributed by atoms with Crippen LogP contribution in [0.2, 0.25) is 0 Å². The molecule has 2 aromatic rings. The Morgan fingerprint density at radius 3 is 2.29 bits per heavy atom. The summed E-state index contributed by atoms with van der Waals surface area (Å²) >= 11 is 0. The molecule has 2 aromatic carbocycles. The maximum Gasteiger partial charge on any atom is 0.254 e. The van der Waals surface area contributed by atoms with Crippen molar-refractivity contribution in [1.82, 2.24) is 4.90 Å². The van der Waals surface area contributed by atoms with Gasteiger partial charge < -0.3 is 10.0 Å². The molecule has 3 heteroatoms.